The summed E-state index contributed by atoms with van der Waals surface area (Å²) >= 11 is 0. The summed E-state index contributed by atoms with van der Waals surface area (Å²) in [5.41, 5.74) is 0.886. The molecule has 0 spiro atoms. The smallest absolute Gasteiger partial charge is 0.334 e. The van der Waals surface area contributed by atoms with Crippen molar-refractivity contribution in [3.63, 3.8) is 0 Å². The fraction of sp³-hybridized carbons (Fsp3) is 0.667. The van der Waals surface area contributed by atoms with E-state index in [0.717, 1.165) is 12.8 Å². The van der Waals surface area contributed by atoms with E-state index < -0.39 is 11.9 Å². The van der Waals surface area contributed by atoms with Gasteiger partial charge in [-0.25, -0.2) is 9.59 Å². The molecule has 0 atom stereocenters. The third-order valence-corrected chi connectivity index (χ3v) is 2.23. The van der Waals surface area contributed by atoms with Crippen LogP contribution in [0.15, 0.2) is 11.1 Å². The molecule has 0 aliphatic heterocycles. The van der Waals surface area contributed by atoms with Crippen molar-refractivity contribution in [3.8, 4) is 0 Å². The molecule has 0 aromatic heterocycles. The van der Waals surface area contributed by atoms with Gasteiger partial charge in [-0.15, -0.1) is 0 Å². The Hall–Kier alpha value is -1.32. The summed E-state index contributed by atoms with van der Waals surface area (Å²) in [6.45, 7) is 3.90. The van der Waals surface area contributed by atoms with Crippen LogP contribution in [0, 0.1) is 0 Å². The maximum absolute atomic E-state index is 11.6. The molecule has 4 nitrogen and oxygen atoms in total. The summed E-state index contributed by atoms with van der Waals surface area (Å²) in [6.07, 6.45) is 2.65. The Labute approximate surface area is 96.6 Å². The van der Waals surface area contributed by atoms with Gasteiger partial charge in [-0.1, -0.05) is 26.7 Å². The molecule has 0 unspecified atom stereocenters. The zero-order valence-electron chi connectivity index (χ0n) is 10.5. The van der Waals surface area contributed by atoms with E-state index in [9.17, 15) is 9.59 Å². The largest absolute Gasteiger partial charge is 0.466 e. The van der Waals surface area contributed by atoms with Crippen LogP contribution in [-0.4, -0.2) is 26.2 Å². The summed E-state index contributed by atoms with van der Waals surface area (Å²) in [6, 6.07) is 0. The maximum atomic E-state index is 11.6. The average Bonchev–Trinajstić information content (AvgIpc) is 2.31. The average molecular weight is 228 g/mol. The van der Waals surface area contributed by atoms with Gasteiger partial charge in [0.1, 0.15) is 0 Å². The van der Waals surface area contributed by atoms with Gasteiger partial charge in [0.2, 0.25) is 0 Å². The Morgan fingerprint density at radius 1 is 0.812 bits per heavy atom. The van der Waals surface area contributed by atoms with Gasteiger partial charge in [-0.05, 0) is 12.8 Å². The van der Waals surface area contributed by atoms with Crippen molar-refractivity contribution in [2.24, 2.45) is 0 Å². The molecule has 0 aliphatic rings. The number of hydrogen-bond donors (Lipinski definition) is 0. The molecule has 0 saturated carbocycles. The standard InChI is InChI=1S/C12H20O4/c1-5-7-9(11(13)15-3)10(8-6-2)12(14)16-4/h5-8H2,1-4H3. The fourth-order valence-electron chi connectivity index (χ4n) is 1.50. The Morgan fingerprint density at radius 2 is 1.12 bits per heavy atom. The Morgan fingerprint density at radius 3 is 1.31 bits per heavy atom. The highest BCUT2D eigenvalue weighted by Gasteiger charge is 2.20. The van der Waals surface area contributed by atoms with Crippen LogP contribution in [0.3, 0.4) is 0 Å². The second-order valence-corrected chi connectivity index (χ2v) is 3.44. The van der Waals surface area contributed by atoms with Crippen molar-refractivity contribution in [2.75, 3.05) is 14.2 Å². The minimum atomic E-state index is -0.435. The van der Waals surface area contributed by atoms with Crippen LogP contribution in [0.1, 0.15) is 39.5 Å². The lowest BCUT2D eigenvalue weighted by Crippen LogP contribution is -2.14. The summed E-state index contributed by atoms with van der Waals surface area (Å²) in [4.78, 5) is 23.1. The van der Waals surface area contributed by atoms with Crippen molar-refractivity contribution in [2.45, 2.75) is 39.5 Å². The first kappa shape index (κ1) is 14.7. The van der Waals surface area contributed by atoms with E-state index in [4.69, 9.17) is 0 Å². The van der Waals surface area contributed by atoms with Gasteiger partial charge in [0, 0.05) is 11.1 Å². The van der Waals surface area contributed by atoms with Crippen LogP contribution in [0.25, 0.3) is 0 Å². The normalized spacial score (nSPS) is 11.8. The van der Waals surface area contributed by atoms with Crippen molar-refractivity contribution in [1.82, 2.24) is 0 Å². The molecule has 4 heteroatoms. The second-order valence-electron chi connectivity index (χ2n) is 3.44. The van der Waals surface area contributed by atoms with Crippen LogP contribution in [0.5, 0.6) is 0 Å². The van der Waals surface area contributed by atoms with E-state index in [2.05, 4.69) is 9.47 Å². The molecular weight excluding hydrogens is 208 g/mol. The predicted octanol–water partition coefficient (Wildman–Crippen LogP) is 2.23. The fourth-order valence-corrected chi connectivity index (χ4v) is 1.50. The molecule has 0 bridgehead atoms. The summed E-state index contributed by atoms with van der Waals surface area (Å²) in [5.74, 6) is -0.869. The lowest BCUT2D eigenvalue weighted by molar-refractivity contribution is -0.139. The monoisotopic (exact) mass is 228 g/mol. The van der Waals surface area contributed by atoms with E-state index in [1.54, 1.807) is 0 Å². The molecule has 0 radical (unpaired) electrons. The second kappa shape index (κ2) is 7.91. The van der Waals surface area contributed by atoms with E-state index in [0.29, 0.717) is 24.0 Å². The topological polar surface area (TPSA) is 52.6 Å². The first-order valence-corrected chi connectivity index (χ1v) is 5.50. The van der Waals surface area contributed by atoms with Crippen LogP contribution in [0.4, 0.5) is 0 Å². The SMILES string of the molecule is CCCC(C(=O)OC)=C(CCC)C(=O)OC. The molecule has 0 N–H and O–H groups in total. The summed E-state index contributed by atoms with van der Waals surface area (Å²) in [5, 5.41) is 0. The highest BCUT2D eigenvalue weighted by molar-refractivity contribution is 6.00. The van der Waals surface area contributed by atoms with Crippen LogP contribution >= 0.6 is 0 Å². The van der Waals surface area contributed by atoms with E-state index >= 15 is 0 Å². The first-order valence-electron chi connectivity index (χ1n) is 5.50. The molecule has 0 aromatic carbocycles. The highest BCUT2D eigenvalue weighted by Crippen LogP contribution is 2.18. The minimum absolute atomic E-state index is 0.435. The number of esters is 2. The Kier molecular flexibility index (Phi) is 7.25. The number of methoxy groups -OCH3 is 2. The van der Waals surface area contributed by atoms with Crippen molar-refractivity contribution < 1.29 is 19.1 Å². The van der Waals surface area contributed by atoms with Gasteiger partial charge >= 0.3 is 11.9 Å². The lowest BCUT2D eigenvalue weighted by Gasteiger charge is -2.10. The van der Waals surface area contributed by atoms with Crippen LogP contribution in [-0.2, 0) is 19.1 Å². The van der Waals surface area contributed by atoms with Crippen molar-refractivity contribution in [1.29, 1.82) is 0 Å². The number of hydrogen-bond acceptors (Lipinski definition) is 4. The summed E-state index contributed by atoms with van der Waals surface area (Å²) in [7, 11) is 2.64. The molecule has 0 aromatic rings. The number of carbonyl (C=O) groups is 2. The van der Waals surface area contributed by atoms with E-state index in [1.807, 2.05) is 13.8 Å². The molecule has 0 aliphatic carbocycles. The zero-order valence-corrected chi connectivity index (χ0v) is 10.5. The number of rotatable bonds is 6. The van der Waals surface area contributed by atoms with E-state index in [-0.39, 0.29) is 0 Å². The molecule has 16 heavy (non-hydrogen) atoms. The van der Waals surface area contributed by atoms with Gasteiger partial charge in [0.15, 0.2) is 0 Å². The Balaban J connectivity index is 5.24. The Bertz CT molecular complexity index is 251. The molecule has 92 valence electrons. The van der Waals surface area contributed by atoms with Crippen LogP contribution in [0.2, 0.25) is 0 Å². The molecule has 0 fully saturated rings. The number of ether oxygens (including phenoxy) is 2. The van der Waals surface area contributed by atoms with Gasteiger partial charge in [-0.2, -0.15) is 0 Å². The molecule has 0 amide bonds. The number of carbonyl (C=O) groups excluding carboxylic acids is 2. The van der Waals surface area contributed by atoms with Gasteiger partial charge in [-0.3, -0.25) is 0 Å². The maximum Gasteiger partial charge on any atom is 0.334 e. The third-order valence-electron chi connectivity index (χ3n) is 2.23. The molecule has 0 heterocycles. The predicted molar refractivity (Wildman–Crippen MR) is 60.9 cm³/mol. The first-order chi connectivity index (χ1) is 7.62. The molecule has 0 saturated heterocycles. The van der Waals surface area contributed by atoms with Gasteiger partial charge < -0.3 is 9.47 Å². The highest BCUT2D eigenvalue weighted by atomic mass is 16.5. The van der Waals surface area contributed by atoms with E-state index in [1.165, 1.54) is 14.2 Å². The quantitative estimate of drug-likeness (QED) is 0.516. The minimum Gasteiger partial charge on any atom is -0.466 e. The van der Waals surface area contributed by atoms with Gasteiger partial charge in [0.05, 0.1) is 14.2 Å². The zero-order chi connectivity index (χ0) is 12.6. The molecular formula is C12H20O4. The van der Waals surface area contributed by atoms with Gasteiger partial charge in [0.25, 0.3) is 0 Å². The third kappa shape index (κ3) is 4.04. The molecule has 0 rings (SSSR count). The van der Waals surface area contributed by atoms with Crippen molar-refractivity contribution in [3.05, 3.63) is 11.1 Å². The summed E-state index contributed by atoms with van der Waals surface area (Å²) < 4.78 is 9.36. The van der Waals surface area contributed by atoms with Crippen molar-refractivity contribution >= 4 is 11.9 Å². The van der Waals surface area contributed by atoms with Crippen LogP contribution < -0.4 is 0 Å². The lowest BCUT2D eigenvalue weighted by atomic mass is 10.00.